The fourth-order valence-electron chi connectivity index (χ4n) is 3.65. The molecule has 0 saturated carbocycles. The van der Waals surface area contributed by atoms with Crippen LogP contribution in [0.3, 0.4) is 0 Å². The number of hydrogen-bond acceptors (Lipinski definition) is 5. The lowest BCUT2D eigenvalue weighted by Gasteiger charge is -2.33. The van der Waals surface area contributed by atoms with Gasteiger partial charge in [-0.25, -0.2) is 8.42 Å². The van der Waals surface area contributed by atoms with Crippen molar-refractivity contribution in [3.8, 4) is 5.75 Å². The summed E-state index contributed by atoms with van der Waals surface area (Å²) in [5, 5.41) is 2.86. The smallest absolute Gasteiger partial charge is 0.244 e. The van der Waals surface area contributed by atoms with Crippen LogP contribution in [0.15, 0.2) is 48.5 Å². The summed E-state index contributed by atoms with van der Waals surface area (Å²) in [6, 6.07) is 13.5. The van der Waals surface area contributed by atoms with Gasteiger partial charge in [0.2, 0.25) is 21.8 Å². The average molecular weight is 490 g/mol. The van der Waals surface area contributed by atoms with Crippen LogP contribution in [0.4, 0.5) is 5.69 Å². The lowest BCUT2D eigenvalue weighted by atomic mass is 10.1. The molecule has 2 aromatic rings. The Kier molecular flexibility index (Phi) is 9.92. The van der Waals surface area contributed by atoms with Gasteiger partial charge in [0.15, 0.2) is 0 Å². The number of rotatable bonds is 12. The van der Waals surface area contributed by atoms with Gasteiger partial charge in [-0.05, 0) is 49.1 Å². The number of carbonyl (C=O) groups is 2. The predicted octanol–water partition coefficient (Wildman–Crippen LogP) is 3.10. The molecule has 0 aliphatic rings. The van der Waals surface area contributed by atoms with E-state index < -0.39 is 28.5 Å². The van der Waals surface area contributed by atoms with Crippen molar-refractivity contribution in [2.45, 2.75) is 46.2 Å². The molecule has 0 radical (unpaired) electrons. The quantitative estimate of drug-likeness (QED) is 0.494. The third kappa shape index (κ3) is 7.21. The number of amides is 2. The molecule has 2 rings (SSSR count). The van der Waals surface area contributed by atoms with E-state index in [-0.39, 0.29) is 12.5 Å². The number of nitrogens with one attached hydrogen (secondary N) is 1. The highest BCUT2D eigenvalue weighted by molar-refractivity contribution is 7.92. The monoisotopic (exact) mass is 489 g/mol. The number of nitrogens with zero attached hydrogens (tertiary/aromatic N) is 2. The normalized spacial score (nSPS) is 12.0. The highest BCUT2D eigenvalue weighted by atomic mass is 32.2. The Morgan fingerprint density at radius 3 is 2.24 bits per heavy atom. The SMILES string of the molecule is CCCNC(=O)[C@H](CC)N(Cc1ccc(OC)cc1)C(=O)CN(c1ccccc1C)S(C)(=O)=O. The molecular formula is C25H35N3O5S. The molecule has 8 nitrogen and oxygen atoms in total. The fraction of sp³-hybridized carbons (Fsp3) is 0.440. The molecule has 2 amide bonds. The first-order chi connectivity index (χ1) is 16.1. The zero-order valence-corrected chi connectivity index (χ0v) is 21.4. The van der Waals surface area contributed by atoms with Gasteiger partial charge in [0.05, 0.1) is 19.1 Å². The Balaban J connectivity index is 2.42. The van der Waals surface area contributed by atoms with E-state index in [1.165, 1.54) is 4.90 Å². The summed E-state index contributed by atoms with van der Waals surface area (Å²) in [6.07, 6.45) is 2.23. The second kappa shape index (κ2) is 12.4. The first-order valence-corrected chi connectivity index (χ1v) is 13.2. The zero-order chi connectivity index (χ0) is 25.3. The van der Waals surface area contributed by atoms with Gasteiger partial charge in [-0.1, -0.05) is 44.2 Å². The summed E-state index contributed by atoms with van der Waals surface area (Å²) in [5.41, 5.74) is 1.97. The number of carbonyl (C=O) groups excluding carboxylic acids is 2. The lowest BCUT2D eigenvalue weighted by molar-refractivity contribution is -0.140. The van der Waals surface area contributed by atoms with Crippen molar-refractivity contribution in [3.63, 3.8) is 0 Å². The van der Waals surface area contributed by atoms with E-state index in [0.29, 0.717) is 24.4 Å². The second-order valence-electron chi connectivity index (χ2n) is 8.14. The van der Waals surface area contributed by atoms with Crippen LogP contribution in [0, 0.1) is 6.92 Å². The van der Waals surface area contributed by atoms with Crippen molar-refractivity contribution in [3.05, 3.63) is 59.7 Å². The van der Waals surface area contributed by atoms with E-state index in [4.69, 9.17) is 4.74 Å². The van der Waals surface area contributed by atoms with E-state index in [1.807, 2.05) is 32.0 Å². The van der Waals surface area contributed by atoms with Crippen LogP contribution in [0.2, 0.25) is 0 Å². The van der Waals surface area contributed by atoms with E-state index in [9.17, 15) is 18.0 Å². The zero-order valence-electron chi connectivity index (χ0n) is 20.6. The minimum absolute atomic E-state index is 0.159. The number of anilines is 1. The standard InChI is InChI=1S/C25H35N3O5S/c1-6-16-26-25(30)22(7-2)27(17-20-12-14-21(33-4)15-13-20)24(29)18-28(34(5,31)32)23-11-9-8-10-19(23)3/h8-15,22H,6-7,16-18H2,1-5H3,(H,26,30)/t22-/m0/s1. The van der Waals surface area contributed by atoms with Crippen molar-refractivity contribution in [1.29, 1.82) is 0 Å². The van der Waals surface area contributed by atoms with Crippen LogP contribution < -0.4 is 14.4 Å². The summed E-state index contributed by atoms with van der Waals surface area (Å²) in [6.45, 7) is 5.83. The molecule has 0 saturated heterocycles. The van der Waals surface area contributed by atoms with Gasteiger partial charge in [0.25, 0.3) is 0 Å². The topological polar surface area (TPSA) is 96.0 Å². The maximum absolute atomic E-state index is 13.6. The fourth-order valence-corrected chi connectivity index (χ4v) is 4.56. The molecule has 186 valence electrons. The van der Waals surface area contributed by atoms with Crippen LogP contribution in [-0.4, -0.2) is 57.6 Å². The van der Waals surface area contributed by atoms with Crippen LogP contribution in [0.5, 0.6) is 5.75 Å². The summed E-state index contributed by atoms with van der Waals surface area (Å²) < 4.78 is 31.6. The van der Waals surface area contributed by atoms with Crippen molar-refractivity contribution in [2.24, 2.45) is 0 Å². The first-order valence-electron chi connectivity index (χ1n) is 11.4. The number of benzene rings is 2. The molecule has 0 bridgehead atoms. The molecule has 1 atom stereocenters. The molecular weight excluding hydrogens is 454 g/mol. The number of hydrogen-bond donors (Lipinski definition) is 1. The molecule has 0 heterocycles. The Hall–Kier alpha value is -3.07. The van der Waals surface area contributed by atoms with E-state index in [0.717, 1.165) is 28.1 Å². The highest BCUT2D eigenvalue weighted by Gasteiger charge is 2.31. The van der Waals surface area contributed by atoms with Crippen LogP contribution in [-0.2, 0) is 26.2 Å². The number of para-hydroxylation sites is 1. The summed E-state index contributed by atoms with van der Waals surface area (Å²) in [5.74, 6) is -0.0341. The van der Waals surface area contributed by atoms with Crippen LogP contribution >= 0.6 is 0 Å². The van der Waals surface area contributed by atoms with Gasteiger partial charge in [-0.2, -0.15) is 0 Å². The molecule has 0 fully saturated rings. The highest BCUT2D eigenvalue weighted by Crippen LogP contribution is 2.23. The Labute approximate surface area is 202 Å². The Morgan fingerprint density at radius 2 is 1.71 bits per heavy atom. The number of methoxy groups -OCH3 is 1. The van der Waals surface area contributed by atoms with Gasteiger partial charge in [-0.15, -0.1) is 0 Å². The minimum atomic E-state index is -3.75. The minimum Gasteiger partial charge on any atom is -0.497 e. The van der Waals surface area contributed by atoms with Crippen molar-refractivity contribution >= 4 is 27.5 Å². The second-order valence-corrected chi connectivity index (χ2v) is 10.0. The Bertz CT molecular complexity index is 1070. The summed E-state index contributed by atoms with van der Waals surface area (Å²) in [4.78, 5) is 28.0. The van der Waals surface area contributed by atoms with Crippen molar-refractivity contribution in [1.82, 2.24) is 10.2 Å². The van der Waals surface area contributed by atoms with Gasteiger partial charge in [0, 0.05) is 13.1 Å². The summed E-state index contributed by atoms with van der Waals surface area (Å²) >= 11 is 0. The molecule has 9 heteroatoms. The molecule has 0 aliphatic heterocycles. The van der Waals surface area contributed by atoms with Crippen molar-refractivity contribution < 1.29 is 22.7 Å². The molecule has 0 aliphatic carbocycles. The average Bonchev–Trinajstić information content (AvgIpc) is 2.81. The maximum atomic E-state index is 13.6. The van der Waals surface area contributed by atoms with Crippen molar-refractivity contribution in [2.75, 3.05) is 30.8 Å². The van der Waals surface area contributed by atoms with Gasteiger partial charge < -0.3 is 15.0 Å². The van der Waals surface area contributed by atoms with Gasteiger partial charge in [0.1, 0.15) is 18.3 Å². The molecule has 0 spiro atoms. The van der Waals surface area contributed by atoms with E-state index in [1.54, 1.807) is 44.4 Å². The molecule has 2 aromatic carbocycles. The Morgan fingerprint density at radius 1 is 1.06 bits per heavy atom. The molecule has 0 unspecified atom stereocenters. The number of sulfonamides is 1. The van der Waals surface area contributed by atoms with E-state index in [2.05, 4.69) is 5.32 Å². The molecule has 0 aromatic heterocycles. The molecule has 34 heavy (non-hydrogen) atoms. The maximum Gasteiger partial charge on any atom is 0.244 e. The lowest BCUT2D eigenvalue weighted by Crippen LogP contribution is -2.52. The first kappa shape index (κ1) is 27.2. The predicted molar refractivity (Wildman–Crippen MR) is 134 cm³/mol. The third-order valence-electron chi connectivity index (χ3n) is 5.51. The van der Waals surface area contributed by atoms with Crippen LogP contribution in [0.25, 0.3) is 0 Å². The van der Waals surface area contributed by atoms with Gasteiger partial charge >= 0.3 is 0 Å². The van der Waals surface area contributed by atoms with Gasteiger partial charge in [-0.3, -0.25) is 13.9 Å². The molecule has 1 N–H and O–H groups in total. The number of ether oxygens (including phenoxy) is 1. The largest absolute Gasteiger partial charge is 0.497 e. The third-order valence-corrected chi connectivity index (χ3v) is 6.64. The number of aryl methyl sites for hydroxylation is 1. The summed E-state index contributed by atoms with van der Waals surface area (Å²) in [7, 11) is -2.18. The van der Waals surface area contributed by atoms with Crippen LogP contribution in [0.1, 0.15) is 37.8 Å². The van der Waals surface area contributed by atoms with E-state index >= 15 is 0 Å².